The Kier molecular flexibility index (Phi) is 4.36. The van der Waals surface area contributed by atoms with E-state index < -0.39 is 22.9 Å². The molecule has 172 valence electrons. The average Bonchev–Trinajstić information content (AvgIpc) is 3.49. The van der Waals surface area contributed by atoms with Gasteiger partial charge < -0.3 is 19.7 Å². The van der Waals surface area contributed by atoms with Gasteiger partial charge in [-0.15, -0.1) is 0 Å². The number of benzene rings is 1. The number of hydrogen-bond acceptors (Lipinski definition) is 5. The number of carbonyl (C=O) groups excluding carboxylic acids is 1. The molecule has 1 heterocycles. The van der Waals surface area contributed by atoms with E-state index in [1.54, 1.807) is 0 Å². The van der Waals surface area contributed by atoms with Gasteiger partial charge in [0.1, 0.15) is 18.0 Å². The highest BCUT2D eigenvalue weighted by molar-refractivity contribution is 5.91. The lowest BCUT2D eigenvalue weighted by atomic mass is 9.45. The molecule has 5 heteroatoms. The molecule has 3 saturated carbocycles. The maximum Gasteiger partial charge on any atom is 0.264 e. The van der Waals surface area contributed by atoms with E-state index >= 15 is 0 Å². The molecule has 0 bridgehead atoms. The third-order valence-corrected chi connectivity index (χ3v) is 10.1. The van der Waals surface area contributed by atoms with Crippen molar-refractivity contribution in [1.29, 1.82) is 0 Å². The van der Waals surface area contributed by atoms with Crippen LogP contribution in [0.4, 0.5) is 0 Å². The van der Waals surface area contributed by atoms with Gasteiger partial charge >= 0.3 is 0 Å². The minimum Gasteiger partial charge on any atom is -0.457 e. The predicted molar refractivity (Wildman–Crippen MR) is 119 cm³/mol. The fourth-order valence-electron chi connectivity index (χ4n) is 8.44. The first-order valence-corrected chi connectivity index (χ1v) is 12.2. The zero-order chi connectivity index (χ0) is 22.4. The van der Waals surface area contributed by atoms with E-state index in [4.69, 9.17) is 9.47 Å². The summed E-state index contributed by atoms with van der Waals surface area (Å²) in [6, 6.07) is 9.58. The topological polar surface area (TPSA) is 79.3 Å². The lowest BCUT2D eigenvalue weighted by Gasteiger charge is -2.61. The zero-order valence-corrected chi connectivity index (χ0v) is 19.0. The molecule has 2 N–H and O–H groups in total. The fourth-order valence-corrected chi connectivity index (χ4v) is 8.44. The summed E-state index contributed by atoms with van der Waals surface area (Å²) in [5.41, 5.74) is -0.514. The smallest absolute Gasteiger partial charge is 0.264 e. The molecule has 8 atom stereocenters. The van der Waals surface area contributed by atoms with Crippen LogP contribution >= 0.6 is 0 Å². The Hall–Kier alpha value is -1.69. The Morgan fingerprint density at radius 3 is 2.56 bits per heavy atom. The number of allylic oxidation sites excluding steroid dienone is 1. The monoisotopic (exact) mass is 438 g/mol. The molecule has 32 heavy (non-hydrogen) atoms. The molecule has 0 amide bonds. The normalized spacial score (nSPS) is 49.5. The van der Waals surface area contributed by atoms with Crippen LogP contribution < -0.4 is 4.74 Å². The standard InChI is InChI=1S/C27H34O5/c1-24-12-10-18(28)14-17(24)8-9-20-21-11-13-26(30,25(21,2)15-22(29)23(20)24)27(16-31-27)32-19-6-4-3-5-7-19/h3-7,14,20-23,29-30H,8-13,15-16H2,1-2H3/t20-,21-,22-,23+,24-,25-,26+,27?/m0/s1. The number of ketones is 1. The SMILES string of the molecule is C[C@]12CCC(=O)C=C1CC[C@@H]1[C@@H]2[C@@H](O)C[C@@]2(C)[C@H]1CC[C@]2(O)C1(Oc2ccccc2)CO1. The van der Waals surface area contributed by atoms with E-state index in [1.165, 1.54) is 5.57 Å². The lowest BCUT2D eigenvalue weighted by molar-refractivity contribution is -0.226. The predicted octanol–water partition coefficient (Wildman–Crippen LogP) is 4.03. The van der Waals surface area contributed by atoms with Gasteiger partial charge in [0.2, 0.25) is 0 Å². The van der Waals surface area contributed by atoms with Crippen molar-refractivity contribution in [2.75, 3.05) is 6.61 Å². The van der Waals surface area contributed by atoms with Crippen molar-refractivity contribution in [2.45, 2.75) is 76.3 Å². The largest absolute Gasteiger partial charge is 0.457 e. The number of epoxide rings is 1. The number of aliphatic hydroxyl groups excluding tert-OH is 1. The van der Waals surface area contributed by atoms with Crippen molar-refractivity contribution in [3.63, 3.8) is 0 Å². The molecule has 0 spiro atoms. The van der Waals surface area contributed by atoms with Gasteiger partial charge in [-0.05, 0) is 79.9 Å². The van der Waals surface area contributed by atoms with Crippen LogP contribution in [0.1, 0.15) is 58.8 Å². The quantitative estimate of drug-likeness (QED) is 0.697. The fraction of sp³-hybridized carbons (Fsp3) is 0.667. The minimum absolute atomic E-state index is 0.118. The molecule has 6 rings (SSSR count). The first-order chi connectivity index (χ1) is 15.2. The third kappa shape index (κ3) is 2.59. The van der Waals surface area contributed by atoms with Gasteiger partial charge in [-0.25, -0.2) is 0 Å². The summed E-state index contributed by atoms with van der Waals surface area (Å²) >= 11 is 0. The van der Waals surface area contributed by atoms with Crippen molar-refractivity contribution >= 4 is 5.78 Å². The maximum absolute atomic E-state index is 12.2. The van der Waals surface area contributed by atoms with Crippen molar-refractivity contribution in [2.24, 2.45) is 28.6 Å². The van der Waals surface area contributed by atoms with E-state index in [0.29, 0.717) is 43.5 Å². The molecule has 0 aromatic heterocycles. The van der Waals surface area contributed by atoms with Gasteiger partial charge in [-0.2, -0.15) is 0 Å². The lowest BCUT2D eigenvalue weighted by Crippen LogP contribution is -2.64. The molecule has 5 aliphatic rings. The molecular weight excluding hydrogens is 404 g/mol. The third-order valence-electron chi connectivity index (χ3n) is 10.1. The second kappa shape index (κ2) is 6.68. The zero-order valence-electron chi connectivity index (χ0n) is 19.0. The summed E-state index contributed by atoms with van der Waals surface area (Å²) in [7, 11) is 0. The molecule has 0 radical (unpaired) electrons. The number of rotatable bonds is 3. The van der Waals surface area contributed by atoms with Gasteiger partial charge in [0.05, 0.1) is 6.10 Å². The highest BCUT2D eigenvalue weighted by Crippen LogP contribution is 2.70. The van der Waals surface area contributed by atoms with Crippen molar-refractivity contribution in [3.05, 3.63) is 42.0 Å². The van der Waals surface area contributed by atoms with Gasteiger partial charge in [0.15, 0.2) is 5.78 Å². The number of para-hydroxylation sites is 1. The summed E-state index contributed by atoms with van der Waals surface area (Å²) in [5.74, 6) is 0.671. The van der Waals surface area contributed by atoms with Gasteiger partial charge in [-0.3, -0.25) is 4.79 Å². The summed E-state index contributed by atoms with van der Waals surface area (Å²) in [5, 5.41) is 23.8. The Labute approximate surface area is 189 Å². The average molecular weight is 439 g/mol. The summed E-state index contributed by atoms with van der Waals surface area (Å²) in [6.07, 6.45) is 6.72. The second-order valence-electron chi connectivity index (χ2n) is 11.4. The van der Waals surface area contributed by atoms with Crippen LogP contribution in [0.25, 0.3) is 0 Å². The molecule has 1 saturated heterocycles. The van der Waals surface area contributed by atoms with Gasteiger partial charge in [0.25, 0.3) is 5.79 Å². The molecule has 4 fully saturated rings. The molecule has 1 aromatic carbocycles. The van der Waals surface area contributed by atoms with Crippen LogP contribution in [0.3, 0.4) is 0 Å². The summed E-state index contributed by atoms with van der Waals surface area (Å²) in [6.45, 7) is 4.79. The van der Waals surface area contributed by atoms with Crippen LogP contribution in [-0.4, -0.2) is 40.1 Å². The van der Waals surface area contributed by atoms with Crippen molar-refractivity contribution < 1.29 is 24.5 Å². The minimum atomic E-state index is -1.15. The Balaban J connectivity index is 1.34. The van der Waals surface area contributed by atoms with E-state index in [1.807, 2.05) is 36.4 Å². The number of ether oxygens (including phenoxy) is 2. The second-order valence-corrected chi connectivity index (χ2v) is 11.4. The van der Waals surface area contributed by atoms with Crippen LogP contribution in [0.5, 0.6) is 5.75 Å². The molecule has 1 unspecified atom stereocenters. The molecular formula is C27H34O5. The van der Waals surface area contributed by atoms with Crippen LogP contribution in [0.15, 0.2) is 42.0 Å². The molecule has 1 aromatic rings. The first kappa shape index (κ1) is 20.9. The number of carbonyl (C=O) groups is 1. The van der Waals surface area contributed by atoms with Crippen LogP contribution in [0.2, 0.25) is 0 Å². The Bertz CT molecular complexity index is 968. The van der Waals surface area contributed by atoms with Gasteiger partial charge in [0, 0.05) is 11.8 Å². The number of hydrogen-bond donors (Lipinski definition) is 2. The van der Waals surface area contributed by atoms with Crippen molar-refractivity contribution in [1.82, 2.24) is 0 Å². The van der Waals surface area contributed by atoms with Crippen molar-refractivity contribution in [3.8, 4) is 5.75 Å². The number of fused-ring (bicyclic) bond motifs is 5. The summed E-state index contributed by atoms with van der Waals surface area (Å²) < 4.78 is 12.2. The molecule has 1 aliphatic heterocycles. The molecule has 4 aliphatic carbocycles. The highest BCUT2D eigenvalue weighted by Gasteiger charge is 2.77. The van der Waals surface area contributed by atoms with E-state index in [2.05, 4.69) is 13.8 Å². The highest BCUT2D eigenvalue weighted by atomic mass is 16.8. The Morgan fingerprint density at radius 1 is 1.09 bits per heavy atom. The van der Waals surface area contributed by atoms with Crippen LogP contribution in [-0.2, 0) is 9.53 Å². The molecule has 5 nitrogen and oxygen atoms in total. The van der Waals surface area contributed by atoms with Crippen LogP contribution in [0, 0.1) is 28.6 Å². The van der Waals surface area contributed by atoms with E-state index in [0.717, 1.165) is 25.7 Å². The van der Waals surface area contributed by atoms with Gasteiger partial charge in [-0.1, -0.05) is 37.6 Å². The van der Waals surface area contributed by atoms with E-state index in [9.17, 15) is 15.0 Å². The first-order valence-electron chi connectivity index (χ1n) is 12.2. The summed E-state index contributed by atoms with van der Waals surface area (Å²) in [4.78, 5) is 12.1. The van der Waals surface area contributed by atoms with E-state index in [-0.39, 0.29) is 17.1 Å². The number of aliphatic hydroxyl groups is 2. The maximum atomic E-state index is 12.2. The Morgan fingerprint density at radius 2 is 1.84 bits per heavy atom.